The number of amides is 1. The van der Waals surface area contributed by atoms with Crippen molar-refractivity contribution in [2.24, 2.45) is 17.4 Å². The van der Waals surface area contributed by atoms with Crippen molar-refractivity contribution in [3.05, 3.63) is 0 Å². The van der Waals surface area contributed by atoms with Crippen molar-refractivity contribution in [1.29, 1.82) is 0 Å². The molecule has 2 fully saturated rings. The van der Waals surface area contributed by atoms with Crippen LogP contribution in [-0.2, 0) is 4.79 Å². The van der Waals surface area contributed by atoms with Crippen LogP contribution in [0.2, 0.25) is 0 Å². The third-order valence-electron chi connectivity index (χ3n) is 3.27. The topological polar surface area (TPSA) is 72.4 Å². The van der Waals surface area contributed by atoms with Gasteiger partial charge in [0, 0.05) is 25.2 Å². The number of nitrogens with two attached hydrogens (primary N) is 2. The van der Waals surface area contributed by atoms with Gasteiger partial charge in [-0.3, -0.25) is 9.69 Å². The fraction of sp³-hybridized carbons (Fsp3) is 0.889. The molecule has 4 heteroatoms. The van der Waals surface area contributed by atoms with Gasteiger partial charge in [-0.25, -0.2) is 0 Å². The lowest BCUT2D eigenvalue weighted by atomic mass is 9.96. The molecular weight excluding hydrogens is 166 g/mol. The Morgan fingerprint density at radius 3 is 2.46 bits per heavy atom. The van der Waals surface area contributed by atoms with Gasteiger partial charge < -0.3 is 11.5 Å². The van der Waals surface area contributed by atoms with Crippen molar-refractivity contribution in [3.8, 4) is 0 Å². The molecule has 0 aromatic rings. The van der Waals surface area contributed by atoms with Gasteiger partial charge in [-0.2, -0.15) is 0 Å². The molecule has 74 valence electrons. The van der Waals surface area contributed by atoms with E-state index >= 15 is 0 Å². The third kappa shape index (κ3) is 1.69. The minimum atomic E-state index is -0.154. The van der Waals surface area contributed by atoms with Crippen LogP contribution in [0.3, 0.4) is 0 Å². The number of rotatable bonds is 2. The Hall–Kier alpha value is -0.610. The van der Waals surface area contributed by atoms with E-state index in [4.69, 9.17) is 11.5 Å². The van der Waals surface area contributed by atoms with Gasteiger partial charge in [0.2, 0.25) is 5.91 Å². The first-order valence-corrected chi connectivity index (χ1v) is 4.95. The maximum absolute atomic E-state index is 10.8. The molecule has 4 N–H and O–H groups in total. The molecule has 0 bridgehead atoms. The van der Waals surface area contributed by atoms with Gasteiger partial charge in [-0.1, -0.05) is 0 Å². The number of hydrogen-bond donors (Lipinski definition) is 2. The molecule has 1 aliphatic carbocycles. The summed E-state index contributed by atoms with van der Waals surface area (Å²) in [5.74, 6) is -0.0598. The fourth-order valence-corrected chi connectivity index (χ4v) is 2.31. The highest BCUT2D eigenvalue weighted by atomic mass is 16.1. The summed E-state index contributed by atoms with van der Waals surface area (Å²) < 4.78 is 0. The Morgan fingerprint density at radius 2 is 2.00 bits per heavy atom. The lowest BCUT2D eigenvalue weighted by Gasteiger charge is -2.41. The monoisotopic (exact) mass is 183 g/mol. The smallest absolute Gasteiger partial charge is 0.223 e. The van der Waals surface area contributed by atoms with E-state index < -0.39 is 0 Å². The first-order valence-electron chi connectivity index (χ1n) is 4.95. The maximum Gasteiger partial charge on any atom is 0.223 e. The van der Waals surface area contributed by atoms with Crippen LogP contribution in [0.25, 0.3) is 0 Å². The van der Waals surface area contributed by atoms with Gasteiger partial charge in [0.15, 0.2) is 0 Å². The van der Waals surface area contributed by atoms with Crippen LogP contribution in [0.15, 0.2) is 0 Å². The van der Waals surface area contributed by atoms with E-state index in [1.807, 2.05) is 0 Å². The zero-order valence-corrected chi connectivity index (χ0v) is 7.78. The van der Waals surface area contributed by atoms with Gasteiger partial charge in [-0.05, 0) is 19.3 Å². The van der Waals surface area contributed by atoms with Crippen molar-refractivity contribution in [1.82, 2.24) is 4.90 Å². The lowest BCUT2D eigenvalue weighted by Crippen LogP contribution is -2.55. The molecule has 2 unspecified atom stereocenters. The number of primary amides is 1. The molecule has 1 heterocycles. The van der Waals surface area contributed by atoms with Gasteiger partial charge in [-0.15, -0.1) is 0 Å². The molecule has 1 amide bonds. The summed E-state index contributed by atoms with van der Waals surface area (Å²) in [5.41, 5.74) is 11.0. The lowest BCUT2D eigenvalue weighted by molar-refractivity contribution is -0.127. The van der Waals surface area contributed by atoms with Crippen LogP contribution in [0.1, 0.15) is 19.3 Å². The molecule has 0 spiro atoms. The van der Waals surface area contributed by atoms with E-state index in [1.54, 1.807) is 0 Å². The van der Waals surface area contributed by atoms with Crippen molar-refractivity contribution in [2.75, 3.05) is 13.1 Å². The SMILES string of the molecule is NC(=O)C1CN(C2CCC(N)C2)C1. The maximum atomic E-state index is 10.8. The molecule has 0 radical (unpaired) electrons. The van der Waals surface area contributed by atoms with E-state index in [2.05, 4.69) is 4.90 Å². The Morgan fingerprint density at radius 1 is 1.31 bits per heavy atom. The molecule has 1 aliphatic heterocycles. The minimum Gasteiger partial charge on any atom is -0.369 e. The Kier molecular flexibility index (Phi) is 2.26. The molecule has 0 aromatic carbocycles. The predicted molar refractivity (Wildman–Crippen MR) is 49.9 cm³/mol. The van der Waals surface area contributed by atoms with Crippen molar-refractivity contribution in [3.63, 3.8) is 0 Å². The quantitative estimate of drug-likeness (QED) is 0.593. The highest BCUT2D eigenvalue weighted by Gasteiger charge is 2.37. The average molecular weight is 183 g/mol. The normalized spacial score (nSPS) is 36.1. The largest absolute Gasteiger partial charge is 0.369 e. The fourth-order valence-electron chi connectivity index (χ4n) is 2.31. The number of carbonyl (C=O) groups is 1. The number of nitrogens with zero attached hydrogens (tertiary/aromatic N) is 1. The van der Waals surface area contributed by atoms with Gasteiger partial charge in [0.05, 0.1) is 5.92 Å². The van der Waals surface area contributed by atoms with Crippen LogP contribution in [-0.4, -0.2) is 36.0 Å². The predicted octanol–water partition coefficient (Wildman–Crippen LogP) is -0.717. The van der Waals surface area contributed by atoms with Crippen LogP contribution in [0, 0.1) is 5.92 Å². The van der Waals surface area contributed by atoms with Crippen LogP contribution >= 0.6 is 0 Å². The average Bonchev–Trinajstić information content (AvgIpc) is 2.31. The van der Waals surface area contributed by atoms with E-state index in [-0.39, 0.29) is 11.8 Å². The second-order valence-electron chi connectivity index (χ2n) is 4.28. The van der Waals surface area contributed by atoms with E-state index in [9.17, 15) is 4.79 Å². The summed E-state index contributed by atoms with van der Waals surface area (Å²) in [4.78, 5) is 13.1. The van der Waals surface area contributed by atoms with Crippen LogP contribution < -0.4 is 11.5 Å². The number of carbonyl (C=O) groups excluding carboxylic acids is 1. The second kappa shape index (κ2) is 3.27. The van der Waals surface area contributed by atoms with Gasteiger partial charge in [0.1, 0.15) is 0 Å². The van der Waals surface area contributed by atoms with E-state index in [0.717, 1.165) is 25.9 Å². The first kappa shape index (κ1) is 8.97. The van der Waals surface area contributed by atoms with E-state index in [1.165, 1.54) is 6.42 Å². The van der Waals surface area contributed by atoms with Crippen LogP contribution in [0.4, 0.5) is 0 Å². The molecular formula is C9H17N3O. The third-order valence-corrected chi connectivity index (χ3v) is 3.27. The summed E-state index contributed by atoms with van der Waals surface area (Å²) in [6.07, 6.45) is 3.40. The molecule has 2 atom stereocenters. The molecule has 1 saturated carbocycles. The number of hydrogen-bond acceptors (Lipinski definition) is 3. The zero-order valence-electron chi connectivity index (χ0n) is 7.78. The number of likely N-dealkylation sites (tertiary alicyclic amines) is 1. The highest BCUT2D eigenvalue weighted by molar-refractivity contribution is 5.78. The van der Waals surface area contributed by atoms with Gasteiger partial charge >= 0.3 is 0 Å². The standard InChI is InChI=1S/C9H17N3O/c10-7-1-2-8(3-7)12-4-6(5-12)9(11)13/h6-8H,1-5,10H2,(H2,11,13). The summed E-state index contributed by atoms with van der Waals surface area (Å²) in [6, 6.07) is 0.989. The highest BCUT2D eigenvalue weighted by Crippen LogP contribution is 2.28. The summed E-state index contributed by atoms with van der Waals surface area (Å²) >= 11 is 0. The molecule has 2 rings (SSSR count). The molecule has 4 nitrogen and oxygen atoms in total. The molecule has 2 aliphatic rings. The molecule has 13 heavy (non-hydrogen) atoms. The van der Waals surface area contributed by atoms with Crippen molar-refractivity contribution in [2.45, 2.75) is 31.3 Å². The Labute approximate surface area is 78.2 Å². The zero-order chi connectivity index (χ0) is 9.42. The van der Waals surface area contributed by atoms with E-state index in [0.29, 0.717) is 12.1 Å². The van der Waals surface area contributed by atoms with Crippen molar-refractivity contribution < 1.29 is 4.79 Å². The summed E-state index contributed by atoms with van der Waals surface area (Å²) in [6.45, 7) is 1.71. The summed E-state index contributed by atoms with van der Waals surface area (Å²) in [7, 11) is 0. The molecule has 1 saturated heterocycles. The first-order chi connectivity index (χ1) is 6.16. The second-order valence-corrected chi connectivity index (χ2v) is 4.28. The Balaban J connectivity index is 1.77. The minimum absolute atomic E-state index is 0.0943. The van der Waals surface area contributed by atoms with Crippen molar-refractivity contribution >= 4 is 5.91 Å². The van der Waals surface area contributed by atoms with Crippen LogP contribution in [0.5, 0.6) is 0 Å². The van der Waals surface area contributed by atoms with Gasteiger partial charge in [0.25, 0.3) is 0 Å². The Bertz CT molecular complexity index is 213. The molecule has 0 aromatic heterocycles. The summed E-state index contributed by atoms with van der Waals surface area (Å²) in [5, 5.41) is 0.